The first-order valence-electron chi connectivity index (χ1n) is 11.2. The van der Waals surface area contributed by atoms with Gasteiger partial charge in [0.05, 0.1) is 0 Å². The minimum atomic E-state index is 0.00776. The molecule has 4 aromatic carbocycles. The summed E-state index contributed by atoms with van der Waals surface area (Å²) in [6.07, 6.45) is 0. The molecule has 0 spiro atoms. The number of hydrogen-bond acceptors (Lipinski definition) is 1. The highest BCUT2D eigenvalue weighted by Crippen LogP contribution is 2.51. The third-order valence-electron chi connectivity index (χ3n) is 6.60. The van der Waals surface area contributed by atoms with E-state index in [4.69, 9.17) is 0 Å². The molecule has 154 valence electrons. The Balaban J connectivity index is 1.67. The van der Waals surface area contributed by atoms with Gasteiger partial charge in [0, 0.05) is 22.8 Å². The molecule has 0 aliphatic heterocycles. The lowest BCUT2D eigenvalue weighted by atomic mass is 9.82. The highest BCUT2D eigenvalue weighted by molar-refractivity contribution is 5.87. The van der Waals surface area contributed by atoms with Crippen LogP contribution in [0, 0.1) is 0 Å². The number of hydrogen-bond donors (Lipinski definition) is 0. The van der Waals surface area contributed by atoms with Crippen LogP contribution in [-0.2, 0) is 5.41 Å². The van der Waals surface area contributed by atoms with Gasteiger partial charge in [-0.2, -0.15) is 0 Å². The van der Waals surface area contributed by atoms with E-state index in [0.29, 0.717) is 6.04 Å². The van der Waals surface area contributed by atoms with E-state index >= 15 is 0 Å². The van der Waals surface area contributed by atoms with E-state index in [2.05, 4.69) is 130 Å². The average Bonchev–Trinajstić information content (AvgIpc) is 3.01. The van der Waals surface area contributed by atoms with Crippen LogP contribution in [0.1, 0.15) is 38.8 Å². The van der Waals surface area contributed by atoms with E-state index < -0.39 is 0 Å². The van der Waals surface area contributed by atoms with Gasteiger partial charge in [0.15, 0.2) is 0 Å². The number of fused-ring (bicyclic) bond motifs is 3. The third kappa shape index (κ3) is 3.25. The first-order chi connectivity index (χ1) is 15.0. The van der Waals surface area contributed by atoms with E-state index in [-0.39, 0.29) is 5.41 Å². The molecule has 0 fully saturated rings. The highest BCUT2D eigenvalue weighted by Gasteiger charge is 2.36. The van der Waals surface area contributed by atoms with Crippen LogP contribution in [0.25, 0.3) is 22.3 Å². The van der Waals surface area contributed by atoms with Gasteiger partial charge in [0.1, 0.15) is 0 Å². The maximum Gasteiger partial charge on any atom is 0.0419 e. The first kappa shape index (κ1) is 19.6. The van der Waals surface area contributed by atoms with Crippen molar-refractivity contribution in [2.24, 2.45) is 0 Å². The molecule has 1 aliphatic carbocycles. The average molecular weight is 404 g/mol. The van der Waals surface area contributed by atoms with Crippen molar-refractivity contribution in [3.8, 4) is 22.3 Å². The zero-order valence-electron chi connectivity index (χ0n) is 18.8. The van der Waals surface area contributed by atoms with Gasteiger partial charge >= 0.3 is 0 Å². The Bertz CT molecular complexity index is 1220. The highest BCUT2D eigenvalue weighted by atomic mass is 15.2. The molecule has 0 bridgehead atoms. The predicted molar refractivity (Wildman–Crippen MR) is 133 cm³/mol. The largest absolute Gasteiger partial charge is 0.339 e. The smallest absolute Gasteiger partial charge is 0.0419 e. The number of rotatable bonds is 4. The fourth-order valence-corrected chi connectivity index (χ4v) is 5.05. The van der Waals surface area contributed by atoms with Gasteiger partial charge in [-0.1, -0.05) is 80.6 Å². The van der Waals surface area contributed by atoms with E-state index in [1.807, 2.05) is 0 Å². The van der Waals surface area contributed by atoms with Crippen molar-refractivity contribution in [3.05, 3.63) is 108 Å². The maximum absolute atomic E-state index is 2.42. The molecule has 0 radical (unpaired) electrons. The van der Waals surface area contributed by atoms with Gasteiger partial charge in [-0.15, -0.1) is 0 Å². The minimum Gasteiger partial charge on any atom is -0.339 e. The molecule has 0 aromatic heterocycles. The van der Waals surface area contributed by atoms with Crippen molar-refractivity contribution in [3.63, 3.8) is 0 Å². The van der Waals surface area contributed by atoms with E-state index in [1.54, 1.807) is 0 Å². The SMILES string of the molecule is CC(C)N(c1ccccc1)c1ccc2c(c1)-c1cc(-c3ccccc3)ccc1C2(C)C. The fraction of sp³-hybridized carbons (Fsp3) is 0.200. The van der Waals surface area contributed by atoms with Gasteiger partial charge in [0.2, 0.25) is 0 Å². The molecule has 0 saturated carbocycles. The Morgan fingerprint density at radius 3 is 1.81 bits per heavy atom. The third-order valence-corrected chi connectivity index (χ3v) is 6.60. The summed E-state index contributed by atoms with van der Waals surface area (Å²) in [5, 5.41) is 0. The quantitative estimate of drug-likeness (QED) is 0.332. The van der Waals surface area contributed by atoms with Gasteiger partial charge in [-0.05, 0) is 77.6 Å². The van der Waals surface area contributed by atoms with Crippen molar-refractivity contribution < 1.29 is 0 Å². The zero-order chi connectivity index (χ0) is 21.6. The molecule has 0 atom stereocenters. The molecule has 1 heteroatoms. The van der Waals surface area contributed by atoms with Crippen molar-refractivity contribution in [1.29, 1.82) is 0 Å². The maximum atomic E-state index is 2.42. The number of anilines is 2. The Labute approximate surface area is 186 Å². The van der Waals surface area contributed by atoms with Gasteiger partial charge in [-0.3, -0.25) is 0 Å². The van der Waals surface area contributed by atoms with Crippen molar-refractivity contribution in [2.75, 3.05) is 4.90 Å². The van der Waals surface area contributed by atoms with Crippen LogP contribution in [0.2, 0.25) is 0 Å². The van der Waals surface area contributed by atoms with Crippen LogP contribution in [0.3, 0.4) is 0 Å². The molecule has 5 rings (SSSR count). The summed E-state index contributed by atoms with van der Waals surface area (Å²) in [6.45, 7) is 9.20. The molecular formula is C30H29N. The Morgan fingerprint density at radius 2 is 1.16 bits per heavy atom. The van der Waals surface area contributed by atoms with Crippen molar-refractivity contribution >= 4 is 11.4 Å². The van der Waals surface area contributed by atoms with Crippen molar-refractivity contribution in [2.45, 2.75) is 39.2 Å². The van der Waals surface area contributed by atoms with Crippen LogP contribution < -0.4 is 4.90 Å². The molecule has 4 aromatic rings. The summed E-state index contributed by atoms with van der Waals surface area (Å²) in [7, 11) is 0. The fourth-order valence-electron chi connectivity index (χ4n) is 5.05. The van der Waals surface area contributed by atoms with Crippen LogP contribution >= 0.6 is 0 Å². The number of benzene rings is 4. The predicted octanol–water partition coefficient (Wildman–Crippen LogP) is 8.21. The molecule has 1 aliphatic rings. The summed E-state index contributed by atoms with van der Waals surface area (Å²) in [5.41, 5.74) is 10.6. The second-order valence-electron chi connectivity index (χ2n) is 9.28. The molecule has 31 heavy (non-hydrogen) atoms. The lowest BCUT2D eigenvalue weighted by Gasteiger charge is -2.30. The van der Waals surface area contributed by atoms with E-state index in [9.17, 15) is 0 Å². The molecular weight excluding hydrogens is 374 g/mol. The molecule has 0 heterocycles. The monoisotopic (exact) mass is 403 g/mol. The Morgan fingerprint density at radius 1 is 0.581 bits per heavy atom. The summed E-state index contributed by atoms with van der Waals surface area (Å²) in [4.78, 5) is 2.42. The lowest BCUT2D eigenvalue weighted by Crippen LogP contribution is -2.25. The van der Waals surface area contributed by atoms with Gasteiger partial charge in [-0.25, -0.2) is 0 Å². The van der Waals surface area contributed by atoms with Crippen molar-refractivity contribution in [1.82, 2.24) is 0 Å². The first-order valence-corrected chi connectivity index (χ1v) is 11.2. The Kier molecular flexibility index (Phi) is 4.70. The van der Waals surface area contributed by atoms with Crippen LogP contribution in [0.15, 0.2) is 97.1 Å². The van der Waals surface area contributed by atoms with E-state index in [0.717, 1.165) is 0 Å². The summed E-state index contributed by atoms with van der Waals surface area (Å²) >= 11 is 0. The molecule has 1 nitrogen and oxygen atoms in total. The molecule has 0 amide bonds. The van der Waals surface area contributed by atoms with Gasteiger partial charge in [0.25, 0.3) is 0 Å². The Hall–Kier alpha value is -3.32. The van der Waals surface area contributed by atoms with E-state index in [1.165, 1.54) is 44.8 Å². The number of para-hydroxylation sites is 1. The molecule has 0 unspecified atom stereocenters. The number of nitrogens with zero attached hydrogens (tertiary/aromatic N) is 1. The van der Waals surface area contributed by atoms with Crippen LogP contribution in [-0.4, -0.2) is 6.04 Å². The standard InChI is InChI=1S/C30H29N/c1-21(2)31(24-13-9-6-10-14-24)25-16-18-29-27(20-25)26-19-23(22-11-7-5-8-12-22)15-17-28(26)30(29,3)4/h5-21H,1-4H3. The summed E-state index contributed by atoms with van der Waals surface area (Å²) < 4.78 is 0. The van der Waals surface area contributed by atoms with Crippen LogP contribution in [0.4, 0.5) is 11.4 Å². The normalized spacial score (nSPS) is 13.7. The van der Waals surface area contributed by atoms with Gasteiger partial charge < -0.3 is 4.90 Å². The second kappa shape index (κ2) is 7.42. The zero-order valence-corrected chi connectivity index (χ0v) is 18.8. The minimum absolute atomic E-state index is 0.00776. The topological polar surface area (TPSA) is 3.24 Å². The molecule has 0 saturated heterocycles. The summed E-state index contributed by atoms with van der Waals surface area (Å²) in [6, 6.07) is 35.7. The molecule has 0 N–H and O–H groups in total. The summed E-state index contributed by atoms with van der Waals surface area (Å²) in [5.74, 6) is 0. The van der Waals surface area contributed by atoms with Crippen LogP contribution in [0.5, 0.6) is 0 Å². The second-order valence-corrected chi connectivity index (χ2v) is 9.28. The lowest BCUT2D eigenvalue weighted by molar-refractivity contribution is 0.660.